The van der Waals surface area contributed by atoms with Crippen molar-refractivity contribution in [3.63, 3.8) is 0 Å². The summed E-state index contributed by atoms with van der Waals surface area (Å²) >= 11 is 5.73. The summed E-state index contributed by atoms with van der Waals surface area (Å²) in [4.78, 5) is 29.4. The number of nitrogens with one attached hydrogen (secondary N) is 1. The molecule has 3 aromatic carbocycles. The van der Waals surface area contributed by atoms with Crippen LogP contribution in [0.4, 0.5) is 11.4 Å². The van der Waals surface area contributed by atoms with Crippen molar-refractivity contribution in [2.45, 2.75) is 18.9 Å². The molecule has 1 N–H and O–H groups in total. The molecular weight excluding hydrogens is 462 g/mol. The number of anilines is 2. The van der Waals surface area contributed by atoms with Gasteiger partial charge in [-0.2, -0.15) is 0 Å². The summed E-state index contributed by atoms with van der Waals surface area (Å²) in [5, 5.41) is 3.60. The fraction of sp³-hybridized carbons (Fsp3) is 0.222. The van der Waals surface area contributed by atoms with Crippen LogP contribution in [-0.4, -0.2) is 48.6 Å². The van der Waals surface area contributed by atoms with Crippen LogP contribution in [0.15, 0.2) is 78.9 Å². The van der Waals surface area contributed by atoms with Gasteiger partial charge in [-0.15, -0.1) is 0 Å². The molecule has 1 atom stereocenters. The summed E-state index contributed by atoms with van der Waals surface area (Å²) in [7, 11) is 3.18. The van der Waals surface area contributed by atoms with Gasteiger partial charge in [0.05, 0.1) is 26.3 Å². The van der Waals surface area contributed by atoms with E-state index in [0.717, 1.165) is 11.3 Å². The predicted octanol–water partition coefficient (Wildman–Crippen LogP) is 4.28. The Bertz CT molecular complexity index is 1200. The van der Waals surface area contributed by atoms with E-state index in [0.29, 0.717) is 35.3 Å². The lowest BCUT2D eigenvalue weighted by Gasteiger charge is -2.30. The number of nitrogens with zero attached hydrogens (tertiary/aromatic N) is 2. The van der Waals surface area contributed by atoms with Gasteiger partial charge in [0.1, 0.15) is 6.04 Å². The van der Waals surface area contributed by atoms with Crippen molar-refractivity contribution in [2.24, 2.45) is 0 Å². The molecule has 35 heavy (non-hydrogen) atoms. The smallest absolute Gasteiger partial charge is 0.257 e. The van der Waals surface area contributed by atoms with Crippen LogP contribution in [0.2, 0.25) is 0 Å². The standard InChI is InChI=1S/C27H27N3O4S/c1-33-23-14-13-19(17-24(23)34-2)15-16-29(27(35)28-20-9-5-3-6-10-20)22-18-25(31)30(26(22)32)21-11-7-4-8-12-21/h3-14,17,22H,15-16,18H2,1-2H3,(H,28,35). The van der Waals surface area contributed by atoms with Gasteiger partial charge in [0, 0.05) is 12.2 Å². The van der Waals surface area contributed by atoms with Crippen molar-refractivity contribution in [3.05, 3.63) is 84.4 Å². The number of imide groups is 1. The van der Waals surface area contributed by atoms with Crippen molar-refractivity contribution < 1.29 is 19.1 Å². The van der Waals surface area contributed by atoms with Gasteiger partial charge in [-0.25, -0.2) is 4.90 Å². The first kappa shape index (κ1) is 24.2. The van der Waals surface area contributed by atoms with E-state index < -0.39 is 6.04 Å². The summed E-state index contributed by atoms with van der Waals surface area (Å²) in [6.07, 6.45) is 0.635. The fourth-order valence-corrected chi connectivity index (χ4v) is 4.45. The largest absolute Gasteiger partial charge is 0.493 e. The summed E-state index contributed by atoms with van der Waals surface area (Å²) in [6, 6.07) is 23.5. The van der Waals surface area contributed by atoms with Gasteiger partial charge in [-0.05, 0) is 60.6 Å². The summed E-state index contributed by atoms with van der Waals surface area (Å²) in [5.74, 6) is 0.740. The van der Waals surface area contributed by atoms with Crippen molar-refractivity contribution >= 4 is 40.5 Å². The van der Waals surface area contributed by atoms with E-state index in [1.165, 1.54) is 4.90 Å². The molecule has 1 saturated heterocycles. The highest BCUT2D eigenvalue weighted by Crippen LogP contribution is 2.29. The SMILES string of the molecule is COc1ccc(CCN(C(=S)Nc2ccccc2)C2CC(=O)N(c3ccccc3)C2=O)cc1OC. The molecule has 0 radical (unpaired) electrons. The molecule has 4 rings (SSSR count). The summed E-state index contributed by atoms with van der Waals surface area (Å²) < 4.78 is 10.8. The molecule has 0 aliphatic carbocycles. The molecule has 1 unspecified atom stereocenters. The Balaban J connectivity index is 1.58. The van der Waals surface area contributed by atoms with Crippen molar-refractivity contribution in [2.75, 3.05) is 31.0 Å². The van der Waals surface area contributed by atoms with Gasteiger partial charge in [-0.3, -0.25) is 9.59 Å². The van der Waals surface area contributed by atoms with E-state index in [9.17, 15) is 9.59 Å². The van der Waals surface area contributed by atoms with Crippen LogP contribution < -0.4 is 19.7 Å². The number of thiocarbonyl (C=S) groups is 1. The van der Waals surface area contributed by atoms with E-state index in [1.54, 1.807) is 38.5 Å². The maximum atomic E-state index is 13.4. The monoisotopic (exact) mass is 489 g/mol. The molecule has 0 bridgehead atoms. The van der Waals surface area contributed by atoms with Crippen LogP contribution in [0.5, 0.6) is 11.5 Å². The maximum absolute atomic E-state index is 13.4. The van der Waals surface area contributed by atoms with E-state index in [4.69, 9.17) is 21.7 Å². The number of rotatable bonds is 8. The Morgan fingerprint density at radius 3 is 2.29 bits per heavy atom. The van der Waals surface area contributed by atoms with Gasteiger partial charge in [0.15, 0.2) is 16.6 Å². The molecule has 180 valence electrons. The van der Waals surface area contributed by atoms with E-state index in [2.05, 4.69) is 5.32 Å². The highest BCUT2D eigenvalue weighted by molar-refractivity contribution is 7.80. The number of hydrogen-bond donors (Lipinski definition) is 1. The lowest BCUT2D eigenvalue weighted by molar-refractivity contribution is -0.122. The van der Waals surface area contributed by atoms with Crippen molar-refractivity contribution in [1.82, 2.24) is 4.90 Å². The molecule has 3 aromatic rings. The molecule has 1 fully saturated rings. The third-order valence-corrected chi connectivity index (χ3v) is 6.23. The van der Waals surface area contributed by atoms with Gasteiger partial charge < -0.3 is 19.7 Å². The number of carbonyl (C=O) groups is 2. The highest BCUT2D eigenvalue weighted by atomic mass is 32.1. The molecule has 7 nitrogen and oxygen atoms in total. The number of ether oxygens (including phenoxy) is 2. The van der Waals surface area contributed by atoms with Crippen LogP contribution in [0.1, 0.15) is 12.0 Å². The second-order valence-corrected chi connectivity index (χ2v) is 8.44. The van der Waals surface area contributed by atoms with Crippen molar-refractivity contribution in [1.29, 1.82) is 0 Å². The van der Waals surface area contributed by atoms with E-state index in [-0.39, 0.29) is 18.2 Å². The Morgan fingerprint density at radius 1 is 0.971 bits per heavy atom. The zero-order valence-corrected chi connectivity index (χ0v) is 20.5. The number of methoxy groups -OCH3 is 2. The first-order valence-corrected chi connectivity index (χ1v) is 11.7. The Hall–Kier alpha value is -3.91. The third-order valence-electron chi connectivity index (χ3n) is 5.89. The molecule has 0 aromatic heterocycles. The molecule has 1 heterocycles. The summed E-state index contributed by atoms with van der Waals surface area (Å²) in [6.45, 7) is 0.431. The Morgan fingerprint density at radius 2 is 1.63 bits per heavy atom. The number of amides is 2. The third kappa shape index (κ3) is 5.44. The van der Waals surface area contributed by atoms with Gasteiger partial charge in [0.25, 0.3) is 5.91 Å². The molecule has 2 amide bonds. The van der Waals surface area contributed by atoms with Crippen molar-refractivity contribution in [3.8, 4) is 11.5 Å². The number of para-hydroxylation sites is 2. The zero-order chi connectivity index (χ0) is 24.8. The average molecular weight is 490 g/mol. The highest BCUT2D eigenvalue weighted by Gasteiger charge is 2.43. The summed E-state index contributed by atoms with van der Waals surface area (Å²) in [5.41, 5.74) is 2.36. The normalized spacial score (nSPS) is 15.1. The van der Waals surface area contributed by atoms with Crippen LogP contribution >= 0.6 is 12.2 Å². The fourth-order valence-electron chi connectivity index (χ4n) is 4.11. The number of benzene rings is 3. The van der Waals surface area contributed by atoms with Crippen LogP contribution in [-0.2, 0) is 16.0 Å². The molecule has 8 heteroatoms. The van der Waals surface area contributed by atoms with Crippen LogP contribution in [0.3, 0.4) is 0 Å². The number of carbonyl (C=O) groups excluding carboxylic acids is 2. The van der Waals surface area contributed by atoms with E-state index in [1.807, 2.05) is 59.5 Å². The Kier molecular flexibility index (Phi) is 7.62. The molecule has 1 aliphatic rings. The lowest BCUT2D eigenvalue weighted by Crippen LogP contribution is -2.48. The molecular formula is C27H27N3O4S. The zero-order valence-electron chi connectivity index (χ0n) is 19.6. The molecule has 0 saturated carbocycles. The van der Waals surface area contributed by atoms with Crippen LogP contribution in [0.25, 0.3) is 0 Å². The van der Waals surface area contributed by atoms with Crippen LogP contribution in [0, 0.1) is 0 Å². The average Bonchev–Trinajstić information content (AvgIpc) is 3.18. The molecule has 1 aliphatic heterocycles. The number of hydrogen-bond acceptors (Lipinski definition) is 5. The van der Waals surface area contributed by atoms with Gasteiger partial charge in [-0.1, -0.05) is 42.5 Å². The second kappa shape index (κ2) is 11.0. The van der Waals surface area contributed by atoms with E-state index >= 15 is 0 Å². The van der Waals surface area contributed by atoms with Gasteiger partial charge in [0.2, 0.25) is 5.91 Å². The quantitative estimate of drug-likeness (QED) is 0.374. The minimum Gasteiger partial charge on any atom is -0.493 e. The first-order chi connectivity index (χ1) is 17.0. The Labute approximate surface area is 210 Å². The van der Waals surface area contributed by atoms with Gasteiger partial charge >= 0.3 is 0 Å². The molecule has 0 spiro atoms. The minimum absolute atomic E-state index is 0.0519. The maximum Gasteiger partial charge on any atom is 0.257 e. The topological polar surface area (TPSA) is 71.1 Å². The predicted molar refractivity (Wildman–Crippen MR) is 140 cm³/mol. The first-order valence-electron chi connectivity index (χ1n) is 11.3. The lowest BCUT2D eigenvalue weighted by atomic mass is 10.1. The minimum atomic E-state index is -0.702. The second-order valence-electron chi connectivity index (χ2n) is 8.05.